The van der Waals surface area contributed by atoms with Crippen LogP contribution in [-0.2, 0) is 16.0 Å². The average Bonchev–Trinajstić information content (AvgIpc) is 3.04. The van der Waals surface area contributed by atoms with Crippen molar-refractivity contribution in [2.24, 2.45) is 0 Å². The van der Waals surface area contributed by atoms with E-state index in [2.05, 4.69) is 15.6 Å². The summed E-state index contributed by atoms with van der Waals surface area (Å²) in [6, 6.07) is 13.8. The Kier molecular flexibility index (Phi) is 5.63. The molecule has 0 radical (unpaired) electrons. The Bertz CT molecular complexity index is 896. The van der Waals surface area contributed by atoms with Crippen LogP contribution in [0.3, 0.4) is 0 Å². The summed E-state index contributed by atoms with van der Waals surface area (Å²) in [5.41, 5.74) is 3.77. The molecule has 2 aromatic carbocycles. The highest BCUT2D eigenvalue weighted by atomic mass is 32.1. The number of anilines is 1. The Morgan fingerprint density at radius 3 is 2.46 bits per heavy atom. The standard InChI is InChI=1S/C20H21N3O2S/c1-13-6-5-7-14(2)20(13)23-18(25)12-21-17(24)10-11-19-22-15-8-3-4-9-16(15)26-19/h3-9H,10-12H2,1-2H3,(H,21,24)(H,23,25). The predicted octanol–water partition coefficient (Wildman–Crippen LogP) is 3.60. The van der Waals surface area contributed by atoms with Crippen molar-refractivity contribution in [3.05, 3.63) is 58.6 Å². The summed E-state index contributed by atoms with van der Waals surface area (Å²) >= 11 is 1.60. The van der Waals surface area contributed by atoms with Gasteiger partial charge < -0.3 is 10.6 Å². The lowest BCUT2D eigenvalue weighted by Gasteiger charge is -2.11. The predicted molar refractivity (Wildman–Crippen MR) is 105 cm³/mol. The first-order chi connectivity index (χ1) is 12.5. The Labute approximate surface area is 156 Å². The van der Waals surface area contributed by atoms with Gasteiger partial charge in [-0.25, -0.2) is 4.98 Å². The fourth-order valence-electron chi connectivity index (χ4n) is 2.71. The van der Waals surface area contributed by atoms with E-state index in [0.29, 0.717) is 12.8 Å². The largest absolute Gasteiger partial charge is 0.347 e. The number of hydrogen-bond donors (Lipinski definition) is 2. The molecule has 0 saturated heterocycles. The van der Waals surface area contributed by atoms with Gasteiger partial charge in [-0.15, -0.1) is 11.3 Å². The molecule has 0 spiro atoms. The van der Waals surface area contributed by atoms with E-state index in [-0.39, 0.29) is 18.4 Å². The molecule has 1 aromatic heterocycles. The number of nitrogens with zero attached hydrogens (tertiary/aromatic N) is 1. The fraction of sp³-hybridized carbons (Fsp3) is 0.250. The molecule has 2 amide bonds. The second kappa shape index (κ2) is 8.10. The van der Waals surface area contributed by atoms with Crippen molar-refractivity contribution in [2.75, 3.05) is 11.9 Å². The average molecular weight is 367 g/mol. The number of nitrogens with one attached hydrogen (secondary N) is 2. The van der Waals surface area contributed by atoms with Crippen molar-refractivity contribution >= 4 is 39.1 Å². The topological polar surface area (TPSA) is 71.1 Å². The van der Waals surface area contributed by atoms with E-state index < -0.39 is 0 Å². The minimum atomic E-state index is -0.226. The summed E-state index contributed by atoms with van der Waals surface area (Å²) in [6.07, 6.45) is 0.889. The molecule has 3 aromatic rings. The molecule has 134 valence electrons. The maximum absolute atomic E-state index is 12.1. The molecule has 26 heavy (non-hydrogen) atoms. The number of thiazole rings is 1. The van der Waals surface area contributed by atoms with Crippen molar-refractivity contribution in [2.45, 2.75) is 26.7 Å². The van der Waals surface area contributed by atoms with Crippen molar-refractivity contribution in [3.63, 3.8) is 0 Å². The van der Waals surface area contributed by atoms with E-state index in [1.165, 1.54) is 0 Å². The van der Waals surface area contributed by atoms with Gasteiger partial charge in [0.15, 0.2) is 0 Å². The highest BCUT2D eigenvalue weighted by Crippen LogP contribution is 2.22. The van der Waals surface area contributed by atoms with Gasteiger partial charge in [0.05, 0.1) is 21.8 Å². The third-order valence-corrected chi connectivity index (χ3v) is 5.19. The third kappa shape index (κ3) is 4.46. The van der Waals surface area contributed by atoms with Gasteiger partial charge >= 0.3 is 0 Å². The van der Waals surface area contributed by atoms with E-state index in [1.807, 2.05) is 56.3 Å². The molecular formula is C20H21N3O2S. The zero-order chi connectivity index (χ0) is 18.5. The zero-order valence-corrected chi connectivity index (χ0v) is 15.7. The van der Waals surface area contributed by atoms with Crippen LogP contribution in [0.25, 0.3) is 10.2 Å². The van der Waals surface area contributed by atoms with Crippen LogP contribution in [0.5, 0.6) is 0 Å². The van der Waals surface area contributed by atoms with E-state index in [4.69, 9.17) is 0 Å². The van der Waals surface area contributed by atoms with Crippen LogP contribution in [0, 0.1) is 13.8 Å². The lowest BCUT2D eigenvalue weighted by atomic mass is 10.1. The van der Waals surface area contributed by atoms with Gasteiger partial charge in [-0.3, -0.25) is 9.59 Å². The van der Waals surface area contributed by atoms with Crippen LogP contribution in [0.15, 0.2) is 42.5 Å². The van der Waals surface area contributed by atoms with Gasteiger partial charge in [0.2, 0.25) is 11.8 Å². The highest BCUT2D eigenvalue weighted by Gasteiger charge is 2.10. The first-order valence-electron chi connectivity index (χ1n) is 8.50. The summed E-state index contributed by atoms with van der Waals surface area (Å²) in [6.45, 7) is 3.85. The monoisotopic (exact) mass is 367 g/mol. The minimum absolute atomic E-state index is 0.0353. The summed E-state index contributed by atoms with van der Waals surface area (Å²) in [5.74, 6) is -0.378. The number of carbonyl (C=O) groups is 2. The van der Waals surface area contributed by atoms with E-state index in [1.54, 1.807) is 11.3 Å². The van der Waals surface area contributed by atoms with Gasteiger partial charge in [0.1, 0.15) is 0 Å². The smallest absolute Gasteiger partial charge is 0.243 e. The second-order valence-corrected chi connectivity index (χ2v) is 7.28. The molecule has 0 atom stereocenters. The maximum atomic E-state index is 12.1. The third-order valence-electron chi connectivity index (χ3n) is 4.10. The molecule has 0 aliphatic rings. The number of para-hydroxylation sites is 2. The first-order valence-corrected chi connectivity index (χ1v) is 9.32. The van der Waals surface area contributed by atoms with Crippen LogP contribution in [0.4, 0.5) is 5.69 Å². The molecule has 1 heterocycles. The van der Waals surface area contributed by atoms with Crippen LogP contribution in [0.1, 0.15) is 22.6 Å². The van der Waals surface area contributed by atoms with Crippen molar-refractivity contribution in [1.29, 1.82) is 0 Å². The molecule has 6 heteroatoms. The van der Waals surface area contributed by atoms with E-state index in [0.717, 1.165) is 32.0 Å². The summed E-state index contributed by atoms with van der Waals surface area (Å²) in [4.78, 5) is 28.6. The Morgan fingerprint density at radius 1 is 1.00 bits per heavy atom. The quantitative estimate of drug-likeness (QED) is 0.699. The van der Waals surface area contributed by atoms with Crippen LogP contribution in [0.2, 0.25) is 0 Å². The zero-order valence-electron chi connectivity index (χ0n) is 14.8. The van der Waals surface area contributed by atoms with Crippen LogP contribution < -0.4 is 10.6 Å². The fourth-order valence-corrected chi connectivity index (χ4v) is 3.68. The van der Waals surface area contributed by atoms with Gasteiger partial charge in [0, 0.05) is 18.5 Å². The van der Waals surface area contributed by atoms with Crippen LogP contribution >= 0.6 is 11.3 Å². The Balaban J connectivity index is 1.47. The normalized spacial score (nSPS) is 10.7. The molecule has 0 fully saturated rings. The number of hydrogen-bond acceptors (Lipinski definition) is 4. The molecule has 0 aliphatic heterocycles. The number of amides is 2. The van der Waals surface area contributed by atoms with Crippen LogP contribution in [-0.4, -0.2) is 23.3 Å². The van der Waals surface area contributed by atoms with Crippen molar-refractivity contribution in [3.8, 4) is 0 Å². The number of aromatic nitrogens is 1. The molecule has 0 aliphatic carbocycles. The molecule has 5 nitrogen and oxygen atoms in total. The molecule has 0 bridgehead atoms. The Hall–Kier alpha value is -2.73. The van der Waals surface area contributed by atoms with Gasteiger partial charge in [0.25, 0.3) is 0 Å². The summed E-state index contributed by atoms with van der Waals surface area (Å²) in [7, 11) is 0. The summed E-state index contributed by atoms with van der Waals surface area (Å²) in [5, 5.41) is 6.46. The van der Waals surface area contributed by atoms with E-state index in [9.17, 15) is 9.59 Å². The lowest BCUT2D eigenvalue weighted by molar-refractivity contribution is -0.124. The van der Waals surface area contributed by atoms with Gasteiger partial charge in [-0.2, -0.15) is 0 Å². The van der Waals surface area contributed by atoms with Gasteiger partial charge in [-0.1, -0.05) is 30.3 Å². The van der Waals surface area contributed by atoms with E-state index >= 15 is 0 Å². The molecule has 0 saturated carbocycles. The summed E-state index contributed by atoms with van der Waals surface area (Å²) < 4.78 is 1.12. The molecular weight excluding hydrogens is 346 g/mol. The number of benzene rings is 2. The number of aryl methyl sites for hydroxylation is 3. The molecule has 2 N–H and O–H groups in total. The molecule has 3 rings (SSSR count). The maximum Gasteiger partial charge on any atom is 0.243 e. The lowest BCUT2D eigenvalue weighted by Crippen LogP contribution is -2.33. The van der Waals surface area contributed by atoms with Crippen molar-refractivity contribution in [1.82, 2.24) is 10.3 Å². The number of fused-ring (bicyclic) bond motifs is 1. The van der Waals surface area contributed by atoms with Crippen molar-refractivity contribution < 1.29 is 9.59 Å². The molecule has 0 unspecified atom stereocenters. The Morgan fingerprint density at radius 2 is 1.73 bits per heavy atom. The first kappa shape index (κ1) is 18.1. The number of rotatable bonds is 6. The van der Waals surface area contributed by atoms with Gasteiger partial charge in [-0.05, 0) is 37.1 Å². The number of carbonyl (C=O) groups excluding carboxylic acids is 2. The highest BCUT2D eigenvalue weighted by molar-refractivity contribution is 7.18. The SMILES string of the molecule is Cc1cccc(C)c1NC(=O)CNC(=O)CCc1nc2ccccc2s1. The minimum Gasteiger partial charge on any atom is -0.347 e. The second-order valence-electron chi connectivity index (χ2n) is 6.17.